The molecule has 3 nitrogen and oxygen atoms in total. The summed E-state index contributed by atoms with van der Waals surface area (Å²) in [7, 11) is 0. The zero-order chi connectivity index (χ0) is 18.5. The van der Waals surface area contributed by atoms with Crippen molar-refractivity contribution < 1.29 is 19.0 Å². The topological polar surface area (TPSA) is 46.5 Å². The first kappa shape index (κ1) is 17.7. The molecule has 0 aromatic heterocycles. The van der Waals surface area contributed by atoms with Crippen molar-refractivity contribution in [2.75, 3.05) is 0 Å². The van der Waals surface area contributed by atoms with Gasteiger partial charge in [0.2, 0.25) is 0 Å². The van der Waals surface area contributed by atoms with Crippen molar-refractivity contribution in [1.82, 2.24) is 0 Å². The summed E-state index contributed by atoms with van der Waals surface area (Å²) in [6.07, 6.45) is -0.126. The second kappa shape index (κ2) is 7.83. The predicted octanol–water partition coefficient (Wildman–Crippen LogP) is 5.01. The SMILES string of the molecule is Cc1ccc(F)c(-c2cc(CC(=O)O)ccc2OCc2ccccc2)c1. The molecule has 0 radical (unpaired) electrons. The molecule has 3 rings (SSSR count). The third-order valence-corrected chi connectivity index (χ3v) is 4.05. The van der Waals surface area contributed by atoms with E-state index in [9.17, 15) is 9.18 Å². The van der Waals surface area contributed by atoms with Gasteiger partial charge in [-0.15, -0.1) is 0 Å². The highest BCUT2D eigenvalue weighted by Gasteiger charge is 2.14. The molecule has 0 aliphatic heterocycles. The van der Waals surface area contributed by atoms with Crippen LogP contribution in [0.1, 0.15) is 16.7 Å². The molecular formula is C22H19FO3. The lowest BCUT2D eigenvalue weighted by Gasteiger charge is -2.14. The molecule has 0 spiro atoms. The minimum Gasteiger partial charge on any atom is -0.488 e. The van der Waals surface area contributed by atoms with Crippen LogP contribution in [-0.4, -0.2) is 11.1 Å². The van der Waals surface area contributed by atoms with Crippen molar-refractivity contribution in [3.63, 3.8) is 0 Å². The number of benzene rings is 3. The van der Waals surface area contributed by atoms with Crippen molar-refractivity contribution in [2.45, 2.75) is 20.0 Å². The van der Waals surface area contributed by atoms with Crippen LogP contribution in [0.15, 0.2) is 66.7 Å². The number of rotatable bonds is 6. The van der Waals surface area contributed by atoms with Gasteiger partial charge in [0.05, 0.1) is 6.42 Å². The molecule has 0 heterocycles. The number of carbonyl (C=O) groups is 1. The highest BCUT2D eigenvalue weighted by molar-refractivity contribution is 5.75. The molecule has 3 aromatic carbocycles. The van der Waals surface area contributed by atoms with Crippen molar-refractivity contribution in [2.24, 2.45) is 0 Å². The summed E-state index contributed by atoms with van der Waals surface area (Å²) < 4.78 is 20.3. The second-order valence-corrected chi connectivity index (χ2v) is 6.16. The van der Waals surface area contributed by atoms with E-state index >= 15 is 0 Å². The fourth-order valence-electron chi connectivity index (χ4n) is 2.78. The van der Waals surface area contributed by atoms with Crippen molar-refractivity contribution in [3.8, 4) is 16.9 Å². The zero-order valence-electron chi connectivity index (χ0n) is 14.4. The van der Waals surface area contributed by atoms with Crippen LogP contribution in [0, 0.1) is 12.7 Å². The number of halogens is 1. The molecule has 0 aliphatic rings. The molecule has 0 bridgehead atoms. The maximum absolute atomic E-state index is 14.4. The highest BCUT2D eigenvalue weighted by atomic mass is 19.1. The first-order chi connectivity index (χ1) is 12.5. The summed E-state index contributed by atoms with van der Waals surface area (Å²) in [5.41, 5.74) is 3.47. The van der Waals surface area contributed by atoms with Gasteiger partial charge in [0.1, 0.15) is 18.2 Å². The van der Waals surface area contributed by atoms with E-state index in [0.29, 0.717) is 29.0 Å². The fourth-order valence-corrected chi connectivity index (χ4v) is 2.78. The van der Waals surface area contributed by atoms with Crippen LogP contribution in [0.4, 0.5) is 4.39 Å². The maximum atomic E-state index is 14.4. The summed E-state index contributed by atoms with van der Waals surface area (Å²) in [6, 6.07) is 19.6. The highest BCUT2D eigenvalue weighted by Crippen LogP contribution is 2.34. The first-order valence-electron chi connectivity index (χ1n) is 8.31. The Bertz CT molecular complexity index is 920. The molecule has 0 amide bonds. The van der Waals surface area contributed by atoms with Crippen LogP contribution in [0.5, 0.6) is 5.75 Å². The Kier molecular flexibility index (Phi) is 5.32. The van der Waals surface area contributed by atoms with E-state index < -0.39 is 5.97 Å². The molecule has 3 aromatic rings. The van der Waals surface area contributed by atoms with E-state index in [1.54, 1.807) is 30.3 Å². The van der Waals surface area contributed by atoms with Crippen molar-refractivity contribution >= 4 is 5.97 Å². The Balaban J connectivity index is 1.99. The normalized spacial score (nSPS) is 10.5. The molecule has 0 aliphatic carbocycles. The minimum absolute atomic E-state index is 0.126. The summed E-state index contributed by atoms with van der Waals surface area (Å²) in [5, 5.41) is 9.04. The van der Waals surface area contributed by atoms with E-state index in [-0.39, 0.29) is 12.2 Å². The number of carboxylic acids is 1. The standard InChI is InChI=1S/C22H19FO3/c1-15-7-9-20(23)18(11-15)19-12-17(13-22(24)25)8-10-21(19)26-14-16-5-3-2-4-6-16/h2-12H,13-14H2,1H3,(H,24,25). The predicted molar refractivity (Wildman–Crippen MR) is 98.7 cm³/mol. The number of carboxylic acid groups (broad SMARTS) is 1. The molecule has 0 saturated heterocycles. The molecule has 0 atom stereocenters. The number of hydrogen-bond donors (Lipinski definition) is 1. The first-order valence-corrected chi connectivity index (χ1v) is 8.31. The maximum Gasteiger partial charge on any atom is 0.307 e. The van der Waals surface area contributed by atoms with Gasteiger partial charge in [-0.2, -0.15) is 0 Å². The lowest BCUT2D eigenvalue weighted by molar-refractivity contribution is -0.136. The molecule has 0 unspecified atom stereocenters. The third kappa shape index (κ3) is 4.28. The Morgan fingerprint density at radius 2 is 1.73 bits per heavy atom. The van der Waals surface area contributed by atoms with Crippen LogP contribution in [0.2, 0.25) is 0 Å². The van der Waals surface area contributed by atoms with Gasteiger partial charge in [0.15, 0.2) is 0 Å². The van der Waals surface area contributed by atoms with Crippen molar-refractivity contribution in [3.05, 3.63) is 89.2 Å². The Morgan fingerprint density at radius 3 is 2.46 bits per heavy atom. The van der Waals surface area contributed by atoms with Gasteiger partial charge in [0, 0.05) is 11.1 Å². The fraction of sp³-hybridized carbons (Fsp3) is 0.136. The molecular weight excluding hydrogens is 331 g/mol. The molecule has 26 heavy (non-hydrogen) atoms. The largest absolute Gasteiger partial charge is 0.488 e. The second-order valence-electron chi connectivity index (χ2n) is 6.16. The van der Waals surface area contributed by atoms with Crippen LogP contribution in [-0.2, 0) is 17.8 Å². The Hall–Kier alpha value is -3.14. The van der Waals surface area contributed by atoms with Gasteiger partial charge in [-0.3, -0.25) is 4.79 Å². The van der Waals surface area contributed by atoms with E-state index in [0.717, 1.165) is 11.1 Å². The average molecular weight is 350 g/mol. The quantitative estimate of drug-likeness (QED) is 0.680. The van der Waals surface area contributed by atoms with Crippen molar-refractivity contribution in [1.29, 1.82) is 0 Å². The van der Waals surface area contributed by atoms with Gasteiger partial charge in [-0.1, -0.05) is 48.0 Å². The summed E-state index contributed by atoms with van der Waals surface area (Å²) in [6.45, 7) is 2.23. The van der Waals surface area contributed by atoms with E-state index in [2.05, 4.69) is 0 Å². The van der Waals surface area contributed by atoms with E-state index in [1.165, 1.54) is 6.07 Å². The number of hydrogen-bond acceptors (Lipinski definition) is 2. The van der Waals surface area contributed by atoms with E-state index in [1.807, 2.05) is 37.3 Å². The van der Waals surface area contributed by atoms with Gasteiger partial charge < -0.3 is 9.84 Å². The number of ether oxygens (including phenoxy) is 1. The molecule has 0 fully saturated rings. The van der Waals surface area contributed by atoms with Crippen LogP contribution in [0.3, 0.4) is 0 Å². The lowest BCUT2D eigenvalue weighted by atomic mass is 9.98. The number of aliphatic carboxylic acids is 1. The van der Waals surface area contributed by atoms with Crippen LogP contribution < -0.4 is 4.74 Å². The smallest absolute Gasteiger partial charge is 0.307 e. The molecule has 1 N–H and O–H groups in total. The Labute approximate surface area is 151 Å². The zero-order valence-corrected chi connectivity index (χ0v) is 14.4. The summed E-state index contributed by atoms with van der Waals surface area (Å²) in [5.74, 6) is -0.779. The Morgan fingerprint density at radius 1 is 0.962 bits per heavy atom. The summed E-state index contributed by atoms with van der Waals surface area (Å²) in [4.78, 5) is 11.0. The number of aryl methyl sites for hydroxylation is 1. The van der Waals surface area contributed by atoms with Crippen LogP contribution in [0.25, 0.3) is 11.1 Å². The average Bonchev–Trinajstić information content (AvgIpc) is 2.63. The van der Waals surface area contributed by atoms with Crippen LogP contribution >= 0.6 is 0 Å². The molecule has 0 saturated carbocycles. The van der Waals surface area contributed by atoms with Gasteiger partial charge in [0.25, 0.3) is 0 Å². The monoisotopic (exact) mass is 350 g/mol. The van der Waals surface area contributed by atoms with Gasteiger partial charge in [-0.05, 0) is 42.3 Å². The van der Waals surface area contributed by atoms with Gasteiger partial charge >= 0.3 is 5.97 Å². The molecule has 132 valence electrons. The van der Waals surface area contributed by atoms with E-state index in [4.69, 9.17) is 9.84 Å². The van der Waals surface area contributed by atoms with Gasteiger partial charge in [-0.25, -0.2) is 4.39 Å². The lowest BCUT2D eigenvalue weighted by Crippen LogP contribution is -2.02. The third-order valence-electron chi connectivity index (χ3n) is 4.05. The molecule has 4 heteroatoms. The summed E-state index contributed by atoms with van der Waals surface area (Å²) >= 11 is 0. The minimum atomic E-state index is -0.932.